The summed E-state index contributed by atoms with van der Waals surface area (Å²) in [5.74, 6) is -0.786. The summed E-state index contributed by atoms with van der Waals surface area (Å²) in [6.45, 7) is 1.95. The topological polar surface area (TPSA) is 74.0 Å². The van der Waals surface area contributed by atoms with E-state index in [2.05, 4.69) is 4.98 Å². The highest BCUT2D eigenvalue weighted by Gasteiger charge is 2.08. The van der Waals surface area contributed by atoms with Gasteiger partial charge in [0.1, 0.15) is 0 Å². The van der Waals surface area contributed by atoms with Crippen LogP contribution in [0.15, 0.2) is 23.4 Å². The Kier molecular flexibility index (Phi) is 4.80. The fourth-order valence-corrected chi connectivity index (χ4v) is 2.10. The number of thioether (sulfide) groups is 1. The Hall–Kier alpha value is -1.54. The molecule has 0 spiro atoms. The Bertz CT molecular complexity index is 415. The lowest BCUT2D eigenvalue weighted by Gasteiger charge is -2.08. The highest BCUT2D eigenvalue weighted by atomic mass is 32.2. The van der Waals surface area contributed by atoms with Gasteiger partial charge in [-0.25, -0.2) is 4.98 Å². The number of carbonyl (C=O) groups is 1. The summed E-state index contributed by atoms with van der Waals surface area (Å²) in [5, 5.41) is 18.2. The number of rotatable bonds is 5. The van der Waals surface area contributed by atoms with Crippen molar-refractivity contribution in [2.24, 2.45) is 0 Å². The van der Waals surface area contributed by atoms with E-state index in [0.717, 1.165) is 5.03 Å². The molecular weight excluding hydrogens is 224 g/mol. The Morgan fingerprint density at radius 1 is 1.75 bits per heavy atom. The van der Waals surface area contributed by atoms with E-state index in [0.29, 0.717) is 12.0 Å². The lowest BCUT2D eigenvalue weighted by Crippen LogP contribution is -2.02. The van der Waals surface area contributed by atoms with Gasteiger partial charge >= 0.3 is 5.97 Å². The van der Waals surface area contributed by atoms with Crippen LogP contribution in [0, 0.1) is 11.3 Å². The fourth-order valence-electron chi connectivity index (χ4n) is 1.14. The smallest absolute Gasteiger partial charge is 0.303 e. The van der Waals surface area contributed by atoms with Gasteiger partial charge in [-0.2, -0.15) is 5.26 Å². The zero-order valence-electron chi connectivity index (χ0n) is 8.88. The second-order valence-electron chi connectivity index (χ2n) is 3.36. The van der Waals surface area contributed by atoms with Gasteiger partial charge in [-0.05, 0) is 18.6 Å². The van der Waals surface area contributed by atoms with Gasteiger partial charge in [-0.15, -0.1) is 11.8 Å². The van der Waals surface area contributed by atoms with Crippen LogP contribution in [0.4, 0.5) is 0 Å². The maximum absolute atomic E-state index is 10.4. The van der Waals surface area contributed by atoms with Gasteiger partial charge in [0.15, 0.2) is 0 Å². The molecule has 0 radical (unpaired) electrons. The van der Waals surface area contributed by atoms with E-state index in [-0.39, 0.29) is 11.7 Å². The highest BCUT2D eigenvalue weighted by molar-refractivity contribution is 7.99. The van der Waals surface area contributed by atoms with Gasteiger partial charge in [0.05, 0.1) is 16.7 Å². The van der Waals surface area contributed by atoms with Crippen molar-refractivity contribution in [2.75, 3.05) is 0 Å². The van der Waals surface area contributed by atoms with Gasteiger partial charge in [0, 0.05) is 17.9 Å². The maximum Gasteiger partial charge on any atom is 0.303 e. The number of aromatic nitrogens is 1. The highest BCUT2D eigenvalue weighted by Crippen LogP contribution is 2.24. The molecule has 1 atom stereocenters. The lowest BCUT2D eigenvalue weighted by atomic mass is 10.2. The summed E-state index contributed by atoms with van der Waals surface area (Å²) in [7, 11) is 0. The summed E-state index contributed by atoms with van der Waals surface area (Å²) in [4.78, 5) is 14.5. The van der Waals surface area contributed by atoms with Gasteiger partial charge in [0.25, 0.3) is 0 Å². The summed E-state index contributed by atoms with van der Waals surface area (Å²) in [6.07, 6.45) is 2.34. The third-order valence-corrected chi connectivity index (χ3v) is 3.05. The van der Waals surface area contributed by atoms with E-state index in [4.69, 9.17) is 10.4 Å². The fraction of sp³-hybridized carbons (Fsp3) is 0.364. The van der Waals surface area contributed by atoms with E-state index in [9.17, 15) is 4.79 Å². The zero-order chi connectivity index (χ0) is 12.0. The van der Waals surface area contributed by atoms with Gasteiger partial charge in [-0.1, -0.05) is 6.92 Å². The van der Waals surface area contributed by atoms with Crippen LogP contribution in [-0.2, 0) is 4.79 Å². The number of hydrogen-bond acceptors (Lipinski definition) is 4. The van der Waals surface area contributed by atoms with Crippen LogP contribution in [0.5, 0.6) is 0 Å². The van der Waals surface area contributed by atoms with Gasteiger partial charge < -0.3 is 5.11 Å². The zero-order valence-corrected chi connectivity index (χ0v) is 9.70. The first-order valence-electron chi connectivity index (χ1n) is 4.86. The molecule has 0 aliphatic heterocycles. The van der Waals surface area contributed by atoms with Crippen molar-refractivity contribution < 1.29 is 9.90 Å². The Labute approximate surface area is 98.3 Å². The molecule has 1 heterocycles. The van der Waals surface area contributed by atoms with Crippen molar-refractivity contribution in [3.8, 4) is 6.07 Å². The molecule has 0 amide bonds. The Balaban J connectivity index is 2.52. The predicted molar refractivity (Wildman–Crippen MR) is 61.1 cm³/mol. The monoisotopic (exact) mass is 236 g/mol. The van der Waals surface area contributed by atoms with Crippen LogP contribution in [0.2, 0.25) is 0 Å². The van der Waals surface area contributed by atoms with E-state index >= 15 is 0 Å². The van der Waals surface area contributed by atoms with Crippen LogP contribution in [0.1, 0.15) is 25.3 Å². The molecule has 1 aromatic rings. The molecule has 1 unspecified atom stereocenters. The number of nitriles is 1. The number of carboxylic acid groups (broad SMARTS) is 1. The number of pyridine rings is 1. The van der Waals surface area contributed by atoms with Crippen LogP contribution in [-0.4, -0.2) is 21.3 Å². The summed E-state index contributed by atoms with van der Waals surface area (Å²) < 4.78 is 0. The molecule has 0 saturated carbocycles. The van der Waals surface area contributed by atoms with E-state index in [1.54, 1.807) is 18.3 Å². The molecule has 0 aliphatic rings. The van der Waals surface area contributed by atoms with E-state index in [1.807, 2.05) is 13.0 Å². The minimum atomic E-state index is -0.786. The van der Waals surface area contributed by atoms with Crippen LogP contribution in [0.25, 0.3) is 0 Å². The normalized spacial score (nSPS) is 11.8. The maximum atomic E-state index is 10.4. The minimum Gasteiger partial charge on any atom is -0.481 e. The Morgan fingerprint density at radius 3 is 3.12 bits per heavy atom. The van der Waals surface area contributed by atoms with E-state index in [1.165, 1.54) is 11.8 Å². The molecule has 16 heavy (non-hydrogen) atoms. The standard InChI is InChI=1S/C11H12N2O2S/c1-8(2-3-11(14)15)16-10-6-9(7-12)4-5-13-10/h4-6,8H,2-3H2,1H3,(H,14,15). The summed E-state index contributed by atoms with van der Waals surface area (Å²) in [6, 6.07) is 5.40. The van der Waals surface area contributed by atoms with Crippen molar-refractivity contribution in [2.45, 2.75) is 30.0 Å². The second kappa shape index (κ2) is 6.13. The van der Waals surface area contributed by atoms with Crippen molar-refractivity contribution in [3.63, 3.8) is 0 Å². The first kappa shape index (κ1) is 12.5. The molecule has 1 aromatic heterocycles. The lowest BCUT2D eigenvalue weighted by molar-refractivity contribution is -0.137. The minimum absolute atomic E-state index is 0.159. The molecule has 0 saturated heterocycles. The molecule has 0 bridgehead atoms. The quantitative estimate of drug-likeness (QED) is 0.794. The molecule has 84 valence electrons. The Morgan fingerprint density at radius 2 is 2.50 bits per heavy atom. The molecule has 4 nitrogen and oxygen atoms in total. The molecule has 5 heteroatoms. The molecule has 0 fully saturated rings. The number of hydrogen-bond donors (Lipinski definition) is 1. The van der Waals surface area contributed by atoms with Crippen molar-refractivity contribution >= 4 is 17.7 Å². The first-order valence-corrected chi connectivity index (χ1v) is 5.74. The average Bonchev–Trinajstić information content (AvgIpc) is 2.26. The molecule has 0 aliphatic carbocycles. The SMILES string of the molecule is CC(CCC(=O)O)Sc1cc(C#N)ccn1. The second-order valence-corrected chi connectivity index (χ2v) is 4.81. The van der Waals surface area contributed by atoms with Crippen LogP contribution >= 0.6 is 11.8 Å². The van der Waals surface area contributed by atoms with Crippen molar-refractivity contribution in [1.82, 2.24) is 4.98 Å². The molecule has 1 rings (SSSR count). The first-order chi connectivity index (χ1) is 7.61. The number of nitrogens with zero attached hydrogens (tertiary/aromatic N) is 2. The van der Waals surface area contributed by atoms with Crippen LogP contribution < -0.4 is 0 Å². The van der Waals surface area contributed by atoms with Crippen molar-refractivity contribution in [1.29, 1.82) is 5.26 Å². The third kappa shape index (κ3) is 4.32. The van der Waals surface area contributed by atoms with Crippen LogP contribution in [0.3, 0.4) is 0 Å². The van der Waals surface area contributed by atoms with Gasteiger partial charge in [0.2, 0.25) is 0 Å². The summed E-state index contributed by atoms with van der Waals surface area (Å²) in [5.41, 5.74) is 0.572. The van der Waals surface area contributed by atoms with Gasteiger partial charge in [-0.3, -0.25) is 4.79 Å². The average molecular weight is 236 g/mol. The largest absolute Gasteiger partial charge is 0.481 e. The number of carboxylic acids is 1. The molecule has 1 N–H and O–H groups in total. The van der Waals surface area contributed by atoms with E-state index < -0.39 is 5.97 Å². The third-order valence-electron chi connectivity index (χ3n) is 1.95. The molecule has 0 aromatic carbocycles. The number of aliphatic carboxylic acids is 1. The molecular formula is C11H12N2O2S. The predicted octanol–water partition coefficient (Wildman–Crippen LogP) is 2.30. The van der Waals surface area contributed by atoms with Crippen molar-refractivity contribution in [3.05, 3.63) is 23.9 Å². The summed E-state index contributed by atoms with van der Waals surface area (Å²) >= 11 is 1.49.